The van der Waals surface area contributed by atoms with E-state index in [9.17, 15) is 35.9 Å². The van der Waals surface area contributed by atoms with E-state index >= 15 is 0 Å². The molecule has 116 valence electrons. The molecule has 0 aliphatic carbocycles. The van der Waals surface area contributed by atoms with Crippen molar-refractivity contribution in [2.75, 3.05) is 0 Å². The summed E-state index contributed by atoms with van der Waals surface area (Å²) in [6.07, 6.45) is -10.6. The van der Waals surface area contributed by atoms with Crippen molar-refractivity contribution in [1.82, 2.24) is 5.32 Å². The summed E-state index contributed by atoms with van der Waals surface area (Å²) in [5.74, 6) is -4.16. The largest absolute Gasteiger partial charge is 0.478 e. The quantitative estimate of drug-likeness (QED) is 0.843. The molecule has 21 heavy (non-hydrogen) atoms. The number of halogens is 6. The van der Waals surface area contributed by atoms with Crippen LogP contribution in [0.2, 0.25) is 0 Å². The minimum absolute atomic E-state index is 0.346. The van der Waals surface area contributed by atoms with Crippen LogP contribution in [0.4, 0.5) is 26.3 Å². The van der Waals surface area contributed by atoms with Crippen LogP contribution in [0.1, 0.15) is 22.0 Å². The monoisotopic (exact) mass is 315 g/mol. The summed E-state index contributed by atoms with van der Waals surface area (Å²) in [6, 6.07) is 0.0394. The van der Waals surface area contributed by atoms with Gasteiger partial charge in [0, 0.05) is 0 Å². The van der Waals surface area contributed by atoms with E-state index in [1.807, 2.05) is 0 Å². The summed E-state index contributed by atoms with van der Waals surface area (Å²) < 4.78 is 74.2. The van der Waals surface area contributed by atoms with Crippen LogP contribution in [0.3, 0.4) is 0 Å². The summed E-state index contributed by atoms with van der Waals surface area (Å²) in [6.45, 7) is 0. The SMILES string of the molecule is O=C(O)c1ccc(C(NC(=O)C(F)(F)F)C(F)(F)F)cc1. The topological polar surface area (TPSA) is 66.4 Å². The second-order valence-corrected chi connectivity index (χ2v) is 3.87. The molecule has 0 fully saturated rings. The summed E-state index contributed by atoms with van der Waals surface area (Å²) in [5.41, 5.74) is -1.06. The first-order valence-electron chi connectivity index (χ1n) is 5.20. The van der Waals surface area contributed by atoms with Gasteiger partial charge in [0.1, 0.15) is 0 Å². The van der Waals surface area contributed by atoms with Crippen molar-refractivity contribution in [1.29, 1.82) is 0 Å². The number of carboxylic acid groups (broad SMARTS) is 1. The van der Waals surface area contributed by atoms with E-state index in [2.05, 4.69) is 0 Å². The second kappa shape index (κ2) is 5.62. The van der Waals surface area contributed by atoms with Crippen LogP contribution in [-0.2, 0) is 4.79 Å². The molecule has 1 aromatic carbocycles. The molecule has 0 heterocycles. The number of benzene rings is 1. The molecule has 0 aliphatic rings. The fraction of sp³-hybridized carbons (Fsp3) is 0.273. The molecule has 0 spiro atoms. The lowest BCUT2D eigenvalue weighted by Gasteiger charge is -2.22. The number of carbonyl (C=O) groups excluding carboxylic acids is 1. The summed E-state index contributed by atoms with van der Waals surface area (Å²) in [4.78, 5) is 21.2. The minimum Gasteiger partial charge on any atom is -0.478 e. The van der Waals surface area contributed by atoms with Crippen molar-refractivity contribution in [2.24, 2.45) is 0 Å². The van der Waals surface area contributed by atoms with Gasteiger partial charge in [-0.1, -0.05) is 12.1 Å². The fourth-order valence-corrected chi connectivity index (χ4v) is 1.39. The lowest BCUT2D eigenvalue weighted by molar-refractivity contribution is -0.188. The van der Waals surface area contributed by atoms with Gasteiger partial charge < -0.3 is 10.4 Å². The van der Waals surface area contributed by atoms with Crippen LogP contribution >= 0.6 is 0 Å². The van der Waals surface area contributed by atoms with Gasteiger partial charge in [-0.15, -0.1) is 0 Å². The molecule has 0 bridgehead atoms. The molecule has 10 heteroatoms. The van der Waals surface area contributed by atoms with Crippen LogP contribution in [0.15, 0.2) is 24.3 Å². The minimum atomic E-state index is -5.47. The number of amides is 1. The van der Waals surface area contributed by atoms with Crippen molar-refractivity contribution >= 4 is 11.9 Å². The van der Waals surface area contributed by atoms with Crippen molar-refractivity contribution in [3.05, 3.63) is 35.4 Å². The normalized spacial score (nSPS) is 13.6. The molecule has 1 aromatic rings. The number of hydrogen-bond donors (Lipinski definition) is 2. The Kier molecular flexibility index (Phi) is 4.49. The van der Waals surface area contributed by atoms with Crippen LogP contribution in [-0.4, -0.2) is 29.3 Å². The Labute approximate surface area is 113 Å². The van der Waals surface area contributed by atoms with Crippen molar-refractivity contribution < 1.29 is 41.0 Å². The lowest BCUT2D eigenvalue weighted by Crippen LogP contribution is -2.44. The van der Waals surface area contributed by atoms with Gasteiger partial charge in [0.2, 0.25) is 0 Å². The molecule has 0 saturated heterocycles. The smallest absolute Gasteiger partial charge is 0.471 e. The van der Waals surface area contributed by atoms with Gasteiger partial charge in [0.25, 0.3) is 0 Å². The molecule has 0 saturated carbocycles. The molecule has 1 unspecified atom stereocenters. The van der Waals surface area contributed by atoms with E-state index in [1.54, 1.807) is 0 Å². The molecular formula is C11H7F6NO3. The van der Waals surface area contributed by atoms with Gasteiger partial charge >= 0.3 is 24.2 Å². The third kappa shape index (κ3) is 4.36. The van der Waals surface area contributed by atoms with Gasteiger partial charge in [0.05, 0.1) is 5.56 Å². The number of hydrogen-bond acceptors (Lipinski definition) is 2. The first-order chi connectivity index (χ1) is 9.43. The predicted molar refractivity (Wildman–Crippen MR) is 56.4 cm³/mol. The average molecular weight is 315 g/mol. The Morgan fingerprint density at radius 3 is 1.81 bits per heavy atom. The van der Waals surface area contributed by atoms with Crippen molar-refractivity contribution in [2.45, 2.75) is 18.4 Å². The highest BCUT2D eigenvalue weighted by Gasteiger charge is 2.47. The maximum Gasteiger partial charge on any atom is 0.471 e. The standard InChI is InChI=1S/C11H7F6NO3/c12-10(13,14)7(18-9(21)11(15,16)17)5-1-3-6(4-2-5)8(19)20/h1-4,7H,(H,18,21)(H,19,20). The maximum absolute atomic E-state index is 12.7. The average Bonchev–Trinajstić information content (AvgIpc) is 2.33. The zero-order valence-corrected chi connectivity index (χ0v) is 9.92. The first-order valence-corrected chi connectivity index (χ1v) is 5.20. The number of rotatable bonds is 3. The fourth-order valence-electron chi connectivity index (χ4n) is 1.39. The third-order valence-corrected chi connectivity index (χ3v) is 2.35. The molecule has 2 N–H and O–H groups in total. The Morgan fingerprint density at radius 2 is 1.48 bits per heavy atom. The Bertz CT molecular complexity index is 534. The zero-order valence-electron chi connectivity index (χ0n) is 9.92. The third-order valence-electron chi connectivity index (χ3n) is 2.35. The summed E-state index contributed by atoms with van der Waals surface area (Å²) in [7, 11) is 0. The summed E-state index contributed by atoms with van der Waals surface area (Å²) in [5, 5.41) is 9.41. The van der Waals surface area contributed by atoms with Crippen molar-refractivity contribution in [3.63, 3.8) is 0 Å². The molecule has 0 radical (unpaired) electrons. The number of nitrogens with one attached hydrogen (secondary N) is 1. The molecule has 1 amide bonds. The molecular weight excluding hydrogens is 308 g/mol. The van der Waals surface area contributed by atoms with Gasteiger partial charge in [0.15, 0.2) is 6.04 Å². The van der Waals surface area contributed by atoms with Gasteiger partial charge in [-0.05, 0) is 17.7 Å². The number of carboxylic acids is 1. The number of aromatic carboxylic acids is 1. The van der Waals surface area contributed by atoms with Gasteiger partial charge in [-0.3, -0.25) is 4.79 Å². The Morgan fingerprint density at radius 1 is 1.00 bits per heavy atom. The Balaban J connectivity index is 3.09. The first kappa shape index (κ1) is 16.8. The van der Waals surface area contributed by atoms with Crippen molar-refractivity contribution in [3.8, 4) is 0 Å². The maximum atomic E-state index is 12.7. The lowest BCUT2D eigenvalue weighted by atomic mass is 10.0. The van der Waals surface area contributed by atoms with E-state index in [4.69, 9.17) is 5.11 Å². The molecule has 1 rings (SSSR count). The van der Waals surface area contributed by atoms with E-state index in [-0.39, 0.29) is 5.56 Å². The van der Waals surface area contributed by atoms with E-state index < -0.39 is 35.8 Å². The second-order valence-electron chi connectivity index (χ2n) is 3.87. The van der Waals surface area contributed by atoms with Crippen LogP contribution in [0.25, 0.3) is 0 Å². The van der Waals surface area contributed by atoms with E-state index in [0.717, 1.165) is 17.4 Å². The Hall–Kier alpha value is -2.26. The molecule has 4 nitrogen and oxygen atoms in total. The van der Waals surface area contributed by atoms with E-state index in [1.165, 1.54) is 0 Å². The van der Waals surface area contributed by atoms with Crippen LogP contribution < -0.4 is 5.32 Å². The highest BCUT2D eigenvalue weighted by molar-refractivity contribution is 5.87. The molecule has 1 atom stereocenters. The van der Waals surface area contributed by atoms with Gasteiger partial charge in [-0.2, -0.15) is 26.3 Å². The van der Waals surface area contributed by atoms with E-state index in [0.29, 0.717) is 12.1 Å². The summed E-state index contributed by atoms with van der Waals surface area (Å²) >= 11 is 0. The van der Waals surface area contributed by atoms with Crippen LogP contribution in [0, 0.1) is 0 Å². The van der Waals surface area contributed by atoms with Crippen LogP contribution in [0.5, 0.6) is 0 Å². The highest BCUT2D eigenvalue weighted by atomic mass is 19.4. The zero-order chi connectivity index (χ0) is 16.4. The predicted octanol–water partition coefficient (Wildman–Crippen LogP) is 2.67. The molecule has 0 aliphatic heterocycles. The highest BCUT2D eigenvalue weighted by Crippen LogP contribution is 2.33. The molecule has 0 aromatic heterocycles. The number of alkyl halides is 6. The van der Waals surface area contributed by atoms with Gasteiger partial charge in [-0.25, -0.2) is 4.79 Å². The number of carbonyl (C=O) groups is 2.